The highest BCUT2D eigenvalue weighted by molar-refractivity contribution is 9.10. The number of rotatable bonds is 3. The fourth-order valence-electron chi connectivity index (χ4n) is 1.72. The van der Waals surface area contributed by atoms with Gasteiger partial charge in [0.15, 0.2) is 5.78 Å². The molecule has 0 saturated carbocycles. The molecule has 94 valence electrons. The number of halogens is 1. The molecule has 1 heterocycles. The van der Waals surface area contributed by atoms with Crippen molar-refractivity contribution >= 4 is 33.7 Å². The number of imide groups is 1. The highest BCUT2D eigenvalue weighted by Gasteiger charge is 2.34. The summed E-state index contributed by atoms with van der Waals surface area (Å²) >= 11 is 3.27. The largest absolute Gasteiger partial charge is 0.327 e. The van der Waals surface area contributed by atoms with Crippen LogP contribution >= 0.6 is 15.9 Å². The third-order valence-corrected chi connectivity index (χ3v) is 3.17. The lowest BCUT2D eigenvalue weighted by atomic mass is 10.1. The maximum Gasteiger partial charge on any atom is 0.327 e. The van der Waals surface area contributed by atoms with Gasteiger partial charge in [0, 0.05) is 17.1 Å². The molecule has 1 aromatic rings. The summed E-state index contributed by atoms with van der Waals surface area (Å²) in [5.41, 5.74) is 0.472. The quantitative estimate of drug-likeness (QED) is 0.628. The van der Waals surface area contributed by atoms with Crippen LogP contribution in [0, 0.1) is 0 Å². The molecule has 18 heavy (non-hydrogen) atoms. The van der Waals surface area contributed by atoms with Crippen LogP contribution in [0.4, 0.5) is 4.79 Å². The minimum Gasteiger partial charge on any atom is -0.318 e. The Hall–Kier alpha value is -1.69. The lowest BCUT2D eigenvalue weighted by Gasteiger charge is -2.13. The molecule has 0 bridgehead atoms. The second kappa shape index (κ2) is 4.89. The van der Waals surface area contributed by atoms with Crippen LogP contribution in [0.5, 0.6) is 0 Å². The number of likely N-dealkylation sites (N-methyl/N-ethyl adjacent to an activating group) is 1. The molecule has 6 heteroatoms. The molecule has 1 aromatic carbocycles. The van der Waals surface area contributed by atoms with Crippen molar-refractivity contribution in [3.05, 3.63) is 34.3 Å². The van der Waals surface area contributed by atoms with E-state index in [-0.39, 0.29) is 24.8 Å². The third-order valence-electron chi connectivity index (χ3n) is 2.68. The number of urea groups is 1. The minimum absolute atomic E-state index is 0.0323. The topological polar surface area (TPSA) is 57.7 Å². The number of benzene rings is 1. The van der Waals surface area contributed by atoms with Crippen LogP contribution in [0.15, 0.2) is 28.7 Å². The molecule has 3 amide bonds. The van der Waals surface area contributed by atoms with Gasteiger partial charge in [-0.25, -0.2) is 4.79 Å². The van der Waals surface area contributed by atoms with Gasteiger partial charge in [-0.2, -0.15) is 0 Å². The molecule has 0 unspecified atom stereocenters. The van der Waals surface area contributed by atoms with Crippen LogP contribution in [0.2, 0.25) is 0 Å². The van der Waals surface area contributed by atoms with Crippen LogP contribution in [-0.4, -0.2) is 47.7 Å². The van der Waals surface area contributed by atoms with E-state index in [0.29, 0.717) is 5.56 Å². The molecule has 1 saturated heterocycles. The van der Waals surface area contributed by atoms with Gasteiger partial charge < -0.3 is 4.90 Å². The predicted molar refractivity (Wildman–Crippen MR) is 68.2 cm³/mol. The average Bonchev–Trinajstić information content (AvgIpc) is 2.56. The monoisotopic (exact) mass is 310 g/mol. The number of hydrogen-bond acceptors (Lipinski definition) is 3. The summed E-state index contributed by atoms with van der Waals surface area (Å²) < 4.78 is 0.782. The molecule has 0 atom stereocenters. The number of amides is 3. The predicted octanol–water partition coefficient (Wildman–Crippen LogP) is 1.53. The summed E-state index contributed by atoms with van der Waals surface area (Å²) in [5, 5.41) is 0. The van der Waals surface area contributed by atoms with Gasteiger partial charge >= 0.3 is 6.03 Å². The molecular formula is C12H11BrN2O3. The molecule has 0 N–H and O–H groups in total. The summed E-state index contributed by atoms with van der Waals surface area (Å²) in [6.45, 7) is -0.178. The Morgan fingerprint density at radius 3 is 2.67 bits per heavy atom. The SMILES string of the molecule is CN1CC(=O)N(CC(=O)c2cccc(Br)c2)C1=O. The van der Waals surface area contributed by atoms with E-state index >= 15 is 0 Å². The van der Waals surface area contributed by atoms with Crippen LogP contribution in [0.3, 0.4) is 0 Å². The molecule has 2 rings (SSSR count). The van der Waals surface area contributed by atoms with Crippen LogP contribution < -0.4 is 0 Å². The number of carbonyl (C=O) groups excluding carboxylic acids is 3. The van der Waals surface area contributed by atoms with Gasteiger partial charge in [-0.1, -0.05) is 28.1 Å². The lowest BCUT2D eigenvalue weighted by molar-refractivity contribution is -0.125. The molecule has 1 aliphatic heterocycles. The number of ketones is 1. The van der Waals surface area contributed by atoms with Crippen molar-refractivity contribution in [3.63, 3.8) is 0 Å². The van der Waals surface area contributed by atoms with Gasteiger partial charge in [0.2, 0.25) is 0 Å². The molecule has 0 aromatic heterocycles. The first-order chi connectivity index (χ1) is 8.49. The second-order valence-electron chi connectivity index (χ2n) is 4.05. The number of hydrogen-bond donors (Lipinski definition) is 0. The third kappa shape index (κ3) is 2.43. The Morgan fingerprint density at radius 2 is 2.11 bits per heavy atom. The van der Waals surface area contributed by atoms with Crippen molar-refractivity contribution < 1.29 is 14.4 Å². The number of nitrogens with zero attached hydrogens (tertiary/aromatic N) is 2. The van der Waals surface area contributed by atoms with E-state index in [1.54, 1.807) is 24.3 Å². The van der Waals surface area contributed by atoms with E-state index in [4.69, 9.17) is 0 Å². The van der Waals surface area contributed by atoms with Crippen LogP contribution in [0.1, 0.15) is 10.4 Å². The minimum atomic E-state index is -0.427. The van der Waals surface area contributed by atoms with Crippen molar-refractivity contribution in [2.75, 3.05) is 20.1 Å². The second-order valence-corrected chi connectivity index (χ2v) is 4.97. The van der Waals surface area contributed by atoms with Gasteiger partial charge in [-0.3, -0.25) is 14.5 Å². The molecule has 1 aliphatic rings. The van der Waals surface area contributed by atoms with E-state index in [1.807, 2.05) is 0 Å². The fourth-order valence-corrected chi connectivity index (χ4v) is 2.12. The van der Waals surface area contributed by atoms with Crippen molar-refractivity contribution in [1.82, 2.24) is 9.80 Å². The summed E-state index contributed by atoms with van der Waals surface area (Å²) in [7, 11) is 1.53. The van der Waals surface area contributed by atoms with E-state index in [2.05, 4.69) is 15.9 Å². The normalized spacial score (nSPS) is 15.4. The Labute approximate surface area is 112 Å². The Morgan fingerprint density at radius 1 is 1.39 bits per heavy atom. The maximum absolute atomic E-state index is 12.0. The Kier molecular flexibility index (Phi) is 3.47. The van der Waals surface area contributed by atoms with E-state index in [0.717, 1.165) is 9.37 Å². The van der Waals surface area contributed by atoms with E-state index < -0.39 is 6.03 Å². The smallest absolute Gasteiger partial charge is 0.318 e. The van der Waals surface area contributed by atoms with Gasteiger partial charge in [-0.05, 0) is 12.1 Å². The Bertz CT molecular complexity index is 530. The first-order valence-corrected chi connectivity index (χ1v) is 6.12. The summed E-state index contributed by atoms with van der Waals surface area (Å²) in [4.78, 5) is 37.4. The van der Waals surface area contributed by atoms with Crippen LogP contribution in [0.25, 0.3) is 0 Å². The molecule has 0 radical (unpaired) electrons. The summed E-state index contributed by atoms with van der Waals surface area (Å²) in [5.74, 6) is -0.598. The summed E-state index contributed by atoms with van der Waals surface area (Å²) in [6, 6.07) is 6.43. The highest BCUT2D eigenvalue weighted by Crippen LogP contribution is 2.14. The van der Waals surface area contributed by atoms with Gasteiger partial charge in [-0.15, -0.1) is 0 Å². The zero-order chi connectivity index (χ0) is 13.3. The van der Waals surface area contributed by atoms with Gasteiger partial charge in [0.25, 0.3) is 5.91 Å². The Balaban J connectivity index is 2.13. The molecule has 1 fully saturated rings. The van der Waals surface area contributed by atoms with Crippen LogP contribution in [-0.2, 0) is 4.79 Å². The van der Waals surface area contributed by atoms with Crippen molar-refractivity contribution in [2.45, 2.75) is 0 Å². The lowest BCUT2D eigenvalue weighted by Crippen LogP contribution is -2.36. The standard InChI is InChI=1S/C12H11BrN2O3/c1-14-7-11(17)15(12(14)18)6-10(16)8-3-2-4-9(13)5-8/h2-5H,6-7H2,1H3. The van der Waals surface area contributed by atoms with Gasteiger partial charge in [0.05, 0.1) is 6.54 Å². The first kappa shape index (κ1) is 12.8. The van der Waals surface area contributed by atoms with Crippen molar-refractivity contribution in [1.29, 1.82) is 0 Å². The van der Waals surface area contributed by atoms with E-state index in [9.17, 15) is 14.4 Å². The first-order valence-electron chi connectivity index (χ1n) is 5.33. The fraction of sp³-hybridized carbons (Fsp3) is 0.250. The number of Topliss-reactive ketones (excluding diaryl/α,β-unsaturated/α-hetero) is 1. The van der Waals surface area contributed by atoms with E-state index in [1.165, 1.54) is 11.9 Å². The molecule has 0 spiro atoms. The average molecular weight is 311 g/mol. The molecule has 0 aliphatic carbocycles. The molecule has 5 nitrogen and oxygen atoms in total. The number of carbonyl (C=O) groups is 3. The van der Waals surface area contributed by atoms with Crippen molar-refractivity contribution in [3.8, 4) is 0 Å². The highest BCUT2D eigenvalue weighted by atomic mass is 79.9. The zero-order valence-electron chi connectivity index (χ0n) is 9.72. The molecular weight excluding hydrogens is 300 g/mol. The van der Waals surface area contributed by atoms with Crippen molar-refractivity contribution in [2.24, 2.45) is 0 Å². The summed E-state index contributed by atoms with van der Waals surface area (Å²) in [6.07, 6.45) is 0. The maximum atomic E-state index is 12.0. The van der Waals surface area contributed by atoms with Gasteiger partial charge in [0.1, 0.15) is 6.54 Å². The zero-order valence-corrected chi connectivity index (χ0v) is 11.3.